The average Bonchev–Trinajstić information content (AvgIpc) is 2.71. The molecule has 0 aromatic carbocycles. The molecule has 1 saturated heterocycles. The molecule has 146 valence electrons. The molecule has 1 aromatic heterocycles. The van der Waals surface area contributed by atoms with Crippen LogP contribution < -0.4 is 10.8 Å². The second-order valence-electron chi connectivity index (χ2n) is 9.60. The van der Waals surface area contributed by atoms with Crippen LogP contribution >= 0.6 is 0 Å². The van der Waals surface area contributed by atoms with E-state index in [4.69, 9.17) is 13.7 Å². The monoisotopic (exact) mass is 378 g/mol. The molecule has 2 heterocycles. The van der Waals surface area contributed by atoms with Crippen molar-refractivity contribution >= 4 is 26.7 Å². The minimum absolute atomic E-state index is 0.232. The number of nitrogens with one attached hydrogen (secondary N) is 1. The van der Waals surface area contributed by atoms with Crippen LogP contribution in [0.15, 0.2) is 18.3 Å². The Hall–Kier alpha value is -0.888. The van der Waals surface area contributed by atoms with Gasteiger partial charge in [0.15, 0.2) is 8.32 Å². The van der Waals surface area contributed by atoms with E-state index < -0.39 is 8.32 Å². The molecule has 0 bridgehead atoms. The minimum Gasteiger partial charge on any atom is -0.415 e. The number of aromatic nitrogens is 1. The summed E-state index contributed by atoms with van der Waals surface area (Å²) in [6, 6.07) is 3.97. The zero-order valence-corrected chi connectivity index (χ0v) is 18.9. The normalized spacial score (nSPS) is 19.7. The van der Waals surface area contributed by atoms with E-state index in [1.807, 2.05) is 18.3 Å². The van der Waals surface area contributed by atoms with Crippen LogP contribution in [0, 0.1) is 0 Å². The van der Waals surface area contributed by atoms with Crippen LogP contribution in [0.2, 0.25) is 18.1 Å². The maximum Gasteiger partial charge on any atom is 0.496 e. The SMILES string of the molecule is CC1(C)OB(c2ccc(NCCO[Si](C)(C)C(C)(C)C)nc2)OC1(C)C. The van der Waals surface area contributed by atoms with Gasteiger partial charge in [-0.05, 0) is 51.9 Å². The molecule has 0 radical (unpaired) electrons. The summed E-state index contributed by atoms with van der Waals surface area (Å²) in [4.78, 5) is 4.49. The van der Waals surface area contributed by atoms with E-state index in [1.165, 1.54) is 0 Å². The van der Waals surface area contributed by atoms with Crippen molar-refractivity contribution in [3.63, 3.8) is 0 Å². The van der Waals surface area contributed by atoms with Gasteiger partial charge in [0.05, 0.1) is 17.8 Å². The van der Waals surface area contributed by atoms with Gasteiger partial charge in [0.25, 0.3) is 0 Å². The van der Waals surface area contributed by atoms with E-state index in [0.29, 0.717) is 6.61 Å². The second kappa shape index (κ2) is 7.26. The van der Waals surface area contributed by atoms with Gasteiger partial charge in [-0.3, -0.25) is 0 Å². The Kier molecular flexibility index (Phi) is 5.98. The van der Waals surface area contributed by atoms with Crippen LogP contribution in [0.1, 0.15) is 48.5 Å². The molecule has 1 aliphatic rings. The first-order valence-electron chi connectivity index (χ1n) is 9.45. The fraction of sp³-hybridized carbons (Fsp3) is 0.737. The van der Waals surface area contributed by atoms with Gasteiger partial charge in [-0.25, -0.2) is 4.98 Å². The third-order valence-electron chi connectivity index (χ3n) is 5.99. The lowest BCUT2D eigenvalue weighted by Gasteiger charge is -2.36. The van der Waals surface area contributed by atoms with Crippen molar-refractivity contribution in [3.05, 3.63) is 18.3 Å². The minimum atomic E-state index is -1.69. The first kappa shape index (κ1) is 21.4. The Morgan fingerprint density at radius 1 is 1.12 bits per heavy atom. The quantitative estimate of drug-likeness (QED) is 0.603. The summed E-state index contributed by atoms with van der Waals surface area (Å²) in [5.41, 5.74) is 0.262. The van der Waals surface area contributed by atoms with Crippen LogP contribution in [0.5, 0.6) is 0 Å². The van der Waals surface area contributed by atoms with Gasteiger partial charge in [-0.15, -0.1) is 0 Å². The number of hydrogen-bond acceptors (Lipinski definition) is 5. The van der Waals surface area contributed by atoms with E-state index in [0.717, 1.165) is 17.8 Å². The van der Waals surface area contributed by atoms with Gasteiger partial charge < -0.3 is 19.1 Å². The summed E-state index contributed by atoms with van der Waals surface area (Å²) in [5, 5.41) is 3.56. The highest BCUT2D eigenvalue weighted by atomic mass is 28.4. The lowest BCUT2D eigenvalue weighted by atomic mass is 9.80. The highest BCUT2D eigenvalue weighted by Gasteiger charge is 2.51. The van der Waals surface area contributed by atoms with Crippen LogP contribution in [0.4, 0.5) is 5.82 Å². The van der Waals surface area contributed by atoms with Crippen molar-refractivity contribution in [2.24, 2.45) is 0 Å². The topological polar surface area (TPSA) is 52.6 Å². The number of anilines is 1. The van der Waals surface area contributed by atoms with Crippen molar-refractivity contribution in [2.75, 3.05) is 18.5 Å². The van der Waals surface area contributed by atoms with Crippen molar-refractivity contribution in [1.82, 2.24) is 4.98 Å². The average molecular weight is 378 g/mol. The molecule has 0 spiro atoms. The molecular weight excluding hydrogens is 343 g/mol. The Labute approximate surface area is 160 Å². The van der Waals surface area contributed by atoms with Crippen molar-refractivity contribution in [1.29, 1.82) is 0 Å². The van der Waals surface area contributed by atoms with Gasteiger partial charge in [0.2, 0.25) is 0 Å². The van der Waals surface area contributed by atoms with E-state index in [2.05, 4.69) is 71.9 Å². The van der Waals surface area contributed by atoms with E-state index in [-0.39, 0.29) is 23.4 Å². The molecule has 1 fully saturated rings. The number of pyridine rings is 1. The standard InChI is InChI=1S/C19H35BN2O3Si/c1-17(2,3)26(8,9)23-13-12-21-16-11-10-15(14-22-16)20-24-18(4,5)19(6,7)25-20/h10-11,14H,12-13H2,1-9H3,(H,21,22). The maximum absolute atomic E-state index is 6.18. The van der Waals surface area contributed by atoms with Crippen molar-refractivity contribution in [2.45, 2.75) is 77.8 Å². The third kappa shape index (κ3) is 4.69. The lowest BCUT2D eigenvalue weighted by Crippen LogP contribution is -2.41. The maximum atomic E-state index is 6.18. The lowest BCUT2D eigenvalue weighted by molar-refractivity contribution is 0.00578. The largest absolute Gasteiger partial charge is 0.496 e. The Morgan fingerprint density at radius 2 is 1.69 bits per heavy atom. The van der Waals surface area contributed by atoms with E-state index >= 15 is 0 Å². The van der Waals surface area contributed by atoms with E-state index in [9.17, 15) is 0 Å². The van der Waals surface area contributed by atoms with Gasteiger partial charge in [0.1, 0.15) is 5.82 Å². The molecule has 0 amide bonds. The highest BCUT2D eigenvalue weighted by Crippen LogP contribution is 2.37. The van der Waals surface area contributed by atoms with Gasteiger partial charge in [-0.2, -0.15) is 0 Å². The van der Waals surface area contributed by atoms with Gasteiger partial charge >= 0.3 is 7.12 Å². The molecule has 0 saturated carbocycles. The van der Waals surface area contributed by atoms with Crippen molar-refractivity contribution < 1.29 is 13.7 Å². The first-order chi connectivity index (χ1) is 11.8. The predicted octanol–water partition coefficient (Wildman–Crippen LogP) is 3.81. The van der Waals surface area contributed by atoms with Crippen LogP contribution in [-0.4, -0.2) is 44.8 Å². The number of hydrogen-bond donors (Lipinski definition) is 1. The number of rotatable bonds is 6. The number of nitrogens with zero attached hydrogens (tertiary/aromatic N) is 1. The molecule has 1 aliphatic heterocycles. The second-order valence-corrected chi connectivity index (χ2v) is 14.4. The Morgan fingerprint density at radius 3 is 2.15 bits per heavy atom. The van der Waals surface area contributed by atoms with Crippen LogP contribution in [-0.2, 0) is 13.7 Å². The summed E-state index contributed by atoms with van der Waals surface area (Å²) >= 11 is 0. The van der Waals surface area contributed by atoms with Crippen LogP contribution in [0.3, 0.4) is 0 Å². The molecule has 5 nitrogen and oxygen atoms in total. The van der Waals surface area contributed by atoms with Gasteiger partial charge in [-0.1, -0.05) is 26.8 Å². The molecule has 2 rings (SSSR count). The fourth-order valence-corrected chi connectivity index (χ4v) is 3.38. The molecule has 0 aliphatic carbocycles. The molecule has 7 heteroatoms. The Bertz CT molecular complexity index is 596. The highest BCUT2D eigenvalue weighted by molar-refractivity contribution is 6.74. The molecule has 0 unspecified atom stereocenters. The molecule has 1 N–H and O–H groups in total. The van der Waals surface area contributed by atoms with E-state index in [1.54, 1.807) is 0 Å². The predicted molar refractivity (Wildman–Crippen MR) is 112 cm³/mol. The summed E-state index contributed by atoms with van der Waals surface area (Å²) in [5.74, 6) is 0.837. The first-order valence-corrected chi connectivity index (χ1v) is 12.4. The van der Waals surface area contributed by atoms with Crippen molar-refractivity contribution in [3.8, 4) is 0 Å². The third-order valence-corrected chi connectivity index (χ3v) is 10.5. The molecule has 0 atom stereocenters. The zero-order valence-electron chi connectivity index (χ0n) is 17.9. The zero-order chi connectivity index (χ0) is 19.8. The van der Waals surface area contributed by atoms with Gasteiger partial charge in [0, 0.05) is 18.2 Å². The molecule has 1 aromatic rings. The Balaban J connectivity index is 1.85. The summed E-state index contributed by atoms with van der Waals surface area (Å²) in [7, 11) is -2.06. The molecule has 26 heavy (non-hydrogen) atoms. The summed E-state index contributed by atoms with van der Waals surface area (Å²) in [6.07, 6.45) is 1.82. The fourth-order valence-electron chi connectivity index (χ4n) is 2.33. The summed E-state index contributed by atoms with van der Waals surface area (Å²) < 4.78 is 18.3. The van der Waals surface area contributed by atoms with Crippen LogP contribution in [0.25, 0.3) is 0 Å². The molecular formula is C19H35BN2O3Si. The smallest absolute Gasteiger partial charge is 0.415 e. The summed E-state index contributed by atoms with van der Waals surface area (Å²) in [6.45, 7) is 20.9.